The van der Waals surface area contributed by atoms with E-state index < -0.39 is 0 Å². The highest BCUT2D eigenvalue weighted by Crippen LogP contribution is 2.35. The predicted molar refractivity (Wildman–Crippen MR) is 76.4 cm³/mol. The van der Waals surface area contributed by atoms with Crippen LogP contribution in [0.15, 0.2) is 0 Å². The Kier molecular flexibility index (Phi) is 6.50. The van der Waals surface area contributed by atoms with Crippen LogP contribution in [0.25, 0.3) is 0 Å². The molecule has 0 radical (unpaired) electrons. The lowest BCUT2D eigenvalue weighted by atomic mass is 9.73. The first-order valence-corrected chi connectivity index (χ1v) is 7.56. The SMILES string of the molecule is CCCN(CC)CCNC1CCCCC1(C)C. The fourth-order valence-electron chi connectivity index (χ4n) is 3.01. The van der Waals surface area contributed by atoms with Gasteiger partial charge in [0, 0.05) is 19.1 Å². The normalized spacial score (nSPS) is 24.2. The Bertz CT molecular complexity index is 201. The monoisotopic (exact) mass is 240 g/mol. The molecular weight excluding hydrogens is 208 g/mol. The molecule has 102 valence electrons. The first-order valence-electron chi connectivity index (χ1n) is 7.56. The third kappa shape index (κ3) is 4.97. The van der Waals surface area contributed by atoms with Crippen LogP contribution in [0.4, 0.5) is 0 Å². The van der Waals surface area contributed by atoms with Crippen LogP contribution in [0.2, 0.25) is 0 Å². The lowest BCUT2D eigenvalue weighted by Crippen LogP contribution is -2.46. The highest BCUT2D eigenvalue weighted by Gasteiger charge is 2.31. The van der Waals surface area contributed by atoms with Gasteiger partial charge in [0.15, 0.2) is 0 Å². The second kappa shape index (κ2) is 7.38. The number of likely N-dealkylation sites (N-methyl/N-ethyl adjacent to an activating group) is 1. The van der Waals surface area contributed by atoms with Crippen molar-refractivity contribution in [2.75, 3.05) is 26.2 Å². The Morgan fingerprint density at radius 2 is 1.94 bits per heavy atom. The number of nitrogens with zero attached hydrogens (tertiary/aromatic N) is 1. The van der Waals surface area contributed by atoms with Crippen molar-refractivity contribution in [3.8, 4) is 0 Å². The van der Waals surface area contributed by atoms with Crippen LogP contribution in [0.3, 0.4) is 0 Å². The maximum Gasteiger partial charge on any atom is 0.0119 e. The molecule has 1 saturated carbocycles. The summed E-state index contributed by atoms with van der Waals surface area (Å²) in [6.07, 6.45) is 6.85. The molecule has 0 saturated heterocycles. The van der Waals surface area contributed by atoms with E-state index >= 15 is 0 Å². The fraction of sp³-hybridized carbons (Fsp3) is 1.00. The van der Waals surface area contributed by atoms with Crippen molar-refractivity contribution in [2.45, 2.75) is 65.8 Å². The molecule has 2 nitrogen and oxygen atoms in total. The summed E-state index contributed by atoms with van der Waals surface area (Å²) in [5.41, 5.74) is 0.500. The molecule has 1 rings (SSSR count). The van der Waals surface area contributed by atoms with E-state index in [1.165, 1.54) is 51.7 Å². The zero-order valence-electron chi connectivity index (χ0n) is 12.4. The summed E-state index contributed by atoms with van der Waals surface area (Å²) in [6.45, 7) is 14.2. The van der Waals surface area contributed by atoms with Gasteiger partial charge in [-0.2, -0.15) is 0 Å². The first-order chi connectivity index (χ1) is 8.10. The summed E-state index contributed by atoms with van der Waals surface area (Å²) >= 11 is 0. The van der Waals surface area contributed by atoms with Crippen molar-refractivity contribution < 1.29 is 0 Å². The molecule has 0 amide bonds. The van der Waals surface area contributed by atoms with E-state index in [4.69, 9.17) is 0 Å². The third-order valence-electron chi connectivity index (χ3n) is 4.31. The van der Waals surface area contributed by atoms with Crippen LogP contribution in [0, 0.1) is 5.41 Å². The summed E-state index contributed by atoms with van der Waals surface area (Å²) in [5.74, 6) is 0. The lowest BCUT2D eigenvalue weighted by molar-refractivity contribution is 0.162. The van der Waals surface area contributed by atoms with Gasteiger partial charge in [0.25, 0.3) is 0 Å². The molecule has 0 aromatic rings. The van der Waals surface area contributed by atoms with E-state index in [0.717, 1.165) is 12.6 Å². The van der Waals surface area contributed by atoms with Crippen molar-refractivity contribution in [1.29, 1.82) is 0 Å². The second-order valence-electron chi connectivity index (χ2n) is 6.18. The molecule has 0 aromatic heterocycles. The number of nitrogens with one attached hydrogen (secondary N) is 1. The minimum absolute atomic E-state index is 0.500. The quantitative estimate of drug-likeness (QED) is 0.735. The van der Waals surface area contributed by atoms with Crippen molar-refractivity contribution in [3.05, 3.63) is 0 Å². The van der Waals surface area contributed by atoms with Crippen LogP contribution in [0.1, 0.15) is 59.8 Å². The van der Waals surface area contributed by atoms with Gasteiger partial charge in [-0.3, -0.25) is 0 Å². The molecule has 0 aromatic carbocycles. The Labute approximate surface area is 108 Å². The minimum atomic E-state index is 0.500. The molecular formula is C15H32N2. The smallest absolute Gasteiger partial charge is 0.0119 e. The Balaban J connectivity index is 2.24. The van der Waals surface area contributed by atoms with Crippen molar-refractivity contribution in [1.82, 2.24) is 10.2 Å². The molecule has 1 unspecified atom stereocenters. The van der Waals surface area contributed by atoms with Gasteiger partial charge >= 0.3 is 0 Å². The topological polar surface area (TPSA) is 15.3 Å². The predicted octanol–water partition coefficient (Wildman–Crippen LogP) is 3.28. The van der Waals surface area contributed by atoms with Gasteiger partial charge in [0.1, 0.15) is 0 Å². The maximum atomic E-state index is 3.79. The average Bonchev–Trinajstić information content (AvgIpc) is 2.29. The Morgan fingerprint density at radius 1 is 1.18 bits per heavy atom. The van der Waals surface area contributed by atoms with Crippen LogP contribution < -0.4 is 5.32 Å². The van der Waals surface area contributed by atoms with E-state index in [9.17, 15) is 0 Å². The van der Waals surface area contributed by atoms with Crippen LogP contribution >= 0.6 is 0 Å². The highest BCUT2D eigenvalue weighted by atomic mass is 15.1. The molecule has 1 aliphatic rings. The molecule has 1 atom stereocenters. The van der Waals surface area contributed by atoms with E-state index in [0.29, 0.717) is 5.41 Å². The second-order valence-corrected chi connectivity index (χ2v) is 6.18. The molecule has 0 heterocycles. The summed E-state index contributed by atoms with van der Waals surface area (Å²) in [6, 6.07) is 0.733. The number of hydrogen-bond donors (Lipinski definition) is 1. The van der Waals surface area contributed by atoms with Gasteiger partial charge < -0.3 is 10.2 Å². The third-order valence-corrected chi connectivity index (χ3v) is 4.31. The zero-order chi connectivity index (χ0) is 12.7. The molecule has 1 N–H and O–H groups in total. The standard InChI is InChI=1S/C15H32N2/c1-5-12-17(6-2)13-11-16-14-9-7-8-10-15(14,3)4/h14,16H,5-13H2,1-4H3. The summed E-state index contributed by atoms with van der Waals surface area (Å²) in [4.78, 5) is 2.54. The molecule has 0 bridgehead atoms. The van der Waals surface area contributed by atoms with Gasteiger partial charge in [-0.1, -0.05) is 40.5 Å². The van der Waals surface area contributed by atoms with Crippen LogP contribution in [0.5, 0.6) is 0 Å². The van der Waals surface area contributed by atoms with Crippen molar-refractivity contribution in [3.63, 3.8) is 0 Å². The summed E-state index contributed by atoms with van der Waals surface area (Å²) in [7, 11) is 0. The molecule has 1 fully saturated rings. The number of hydrogen-bond acceptors (Lipinski definition) is 2. The molecule has 17 heavy (non-hydrogen) atoms. The van der Waals surface area contributed by atoms with Crippen molar-refractivity contribution in [2.24, 2.45) is 5.41 Å². The van der Waals surface area contributed by atoms with Gasteiger partial charge in [0.2, 0.25) is 0 Å². The number of rotatable bonds is 7. The molecule has 0 spiro atoms. The van der Waals surface area contributed by atoms with Crippen LogP contribution in [-0.2, 0) is 0 Å². The highest BCUT2D eigenvalue weighted by molar-refractivity contribution is 4.87. The van der Waals surface area contributed by atoms with E-state index in [1.807, 2.05) is 0 Å². The van der Waals surface area contributed by atoms with Gasteiger partial charge in [-0.05, 0) is 37.8 Å². The maximum absolute atomic E-state index is 3.79. The fourth-order valence-corrected chi connectivity index (χ4v) is 3.01. The molecule has 2 heteroatoms. The van der Waals surface area contributed by atoms with E-state index in [2.05, 4.69) is 37.9 Å². The lowest BCUT2D eigenvalue weighted by Gasteiger charge is -2.39. The Morgan fingerprint density at radius 3 is 2.53 bits per heavy atom. The first kappa shape index (κ1) is 15.0. The van der Waals surface area contributed by atoms with Gasteiger partial charge in [-0.15, -0.1) is 0 Å². The zero-order valence-corrected chi connectivity index (χ0v) is 12.4. The van der Waals surface area contributed by atoms with E-state index in [-0.39, 0.29) is 0 Å². The van der Waals surface area contributed by atoms with E-state index in [1.54, 1.807) is 0 Å². The summed E-state index contributed by atoms with van der Waals surface area (Å²) in [5, 5.41) is 3.79. The largest absolute Gasteiger partial charge is 0.312 e. The Hall–Kier alpha value is -0.0800. The molecule has 0 aliphatic heterocycles. The van der Waals surface area contributed by atoms with Gasteiger partial charge in [0.05, 0.1) is 0 Å². The van der Waals surface area contributed by atoms with Crippen molar-refractivity contribution >= 4 is 0 Å². The minimum Gasteiger partial charge on any atom is -0.312 e. The van der Waals surface area contributed by atoms with Gasteiger partial charge in [-0.25, -0.2) is 0 Å². The average molecular weight is 240 g/mol. The summed E-state index contributed by atoms with van der Waals surface area (Å²) < 4.78 is 0. The molecule has 1 aliphatic carbocycles. The van der Waals surface area contributed by atoms with Crippen LogP contribution in [-0.4, -0.2) is 37.1 Å².